The first-order valence-corrected chi connectivity index (χ1v) is 8.04. The van der Waals surface area contributed by atoms with Crippen molar-refractivity contribution in [2.24, 2.45) is 5.92 Å². The van der Waals surface area contributed by atoms with Crippen LogP contribution in [-0.2, 0) is 6.54 Å². The molecule has 0 unspecified atom stereocenters. The number of nitrogens with zero attached hydrogens (tertiary/aromatic N) is 2. The van der Waals surface area contributed by atoms with Gasteiger partial charge in [0, 0.05) is 18.9 Å². The van der Waals surface area contributed by atoms with Crippen molar-refractivity contribution >= 4 is 0 Å². The summed E-state index contributed by atoms with van der Waals surface area (Å²) < 4.78 is 0. The lowest BCUT2D eigenvalue weighted by Crippen LogP contribution is -2.24. The molecule has 0 aliphatic rings. The van der Waals surface area contributed by atoms with Gasteiger partial charge < -0.3 is 5.32 Å². The smallest absolute Gasteiger partial charge is 0.0271 e. The fraction of sp³-hybridized carbons (Fsp3) is 0.706. The van der Waals surface area contributed by atoms with Gasteiger partial charge >= 0.3 is 0 Å². The Hall–Kier alpha value is -0.930. The Morgan fingerprint density at radius 1 is 1.15 bits per heavy atom. The lowest BCUT2D eigenvalue weighted by molar-refractivity contribution is 0.272. The van der Waals surface area contributed by atoms with Crippen molar-refractivity contribution in [1.82, 2.24) is 15.2 Å². The summed E-state index contributed by atoms with van der Waals surface area (Å²) in [6, 6.07) is 4.22. The first-order chi connectivity index (χ1) is 9.72. The predicted octanol–water partition coefficient (Wildman–Crippen LogP) is 3.32. The van der Waals surface area contributed by atoms with E-state index in [0.717, 1.165) is 32.1 Å². The minimum atomic E-state index is 0.756. The lowest BCUT2D eigenvalue weighted by atomic mass is 10.2. The van der Waals surface area contributed by atoms with Gasteiger partial charge in [0.1, 0.15) is 0 Å². The summed E-state index contributed by atoms with van der Waals surface area (Å²) in [5.41, 5.74) is 1.36. The quantitative estimate of drug-likeness (QED) is 0.629. The summed E-state index contributed by atoms with van der Waals surface area (Å²) in [4.78, 5) is 6.58. The van der Waals surface area contributed by atoms with E-state index in [1.165, 1.54) is 31.4 Å². The number of aromatic nitrogens is 1. The Morgan fingerprint density at radius 2 is 1.90 bits per heavy atom. The first-order valence-electron chi connectivity index (χ1n) is 8.04. The van der Waals surface area contributed by atoms with Crippen LogP contribution in [-0.4, -0.2) is 36.1 Å². The lowest BCUT2D eigenvalue weighted by Gasteiger charge is -2.20. The zero-order chi connectivity index (χ0) is 14.6. The highest BCUT2D eigenvalue weighted by Gasteiger charge is 2.03. The molecule has 1 aromatic heterocycles. The highest BCUT2D eigenvalue weighted by Crippen LogP contribution is 2.05. The van der Waals surface area contributed by atoms with E-state index in [2.05, 4.69) is 48.1 Å². The third-order valence-electron chi connectivity index (χ3n) is 3.48. The van der Waals surface area contributed by atoms with E-state index in [9.17, 15) is 0 Å². The number of pyridine rings is 1. The molecule has 114 valence electrons. The fourth-order valence-corrected chi connectivity index (χ4v) is 2.25. The van der Waals surface area contributed by atoms with Gasteiger partial charge in [-0.25, -0.2) is 0 Å². The maximum atomic E-state index is 4.07. The fourth-order valence-electron chi connectivity index (χ4n) is 2.25. The van der Waals surface area contributed by atoms with Gasteiger partial charge in [0.2, 0.25) is 0 Å². The minimum Gasteiger partial charge on any atom is -0.316 e. The van der Waals surface area contributed by atoms with Crippen LogP contribution < -0.4 is 5.32 Å². The molecular weight excluding hydrogens is 246 g/mol. The molecule has 0 fully saturated rings. The second-order valence-corrected chi connectivity index (χ2v) is 5.88. The molecule has 0 aromatic carbocycles. The zero-order valence-corrected chi connectivity index (χ0v) is 13.4. The van der Waals surface area contributed by atoms with Crippen LogP contribution in [0.4, 0.5) is 0 Å². The van der Waals surface area contributed by atoms with E-state index in [0.29, 0.717) is 0 Å². The van der Waals surface area contributed by atoms with Crippen molar-refractivity contribution in [3.63, 3.8) is 0 Å². The summed E-state index contributed by atoms with van der Waals surface area (Å²) in [6.07, 6.45) is 7.66. The second-order valence-electron chi connectivity index (χ2n) is 5.88. The first kappa shape index (κ1) is 17.1. The Labute approximate surface area is 124 Å². The Kier molecular flexibility index (Phi) is 9.25. The van der Waals surface area contributed by atoms with Gasteiger partial charge in [0.15, 0.2) is 0 Å². The van der Waals surface area contributed by atoms with Gasteiger partial charge in [-0.05, 0) is 62.6 Å². The van der Waals surface area contributed by atoms with Crippen molar-refractivity contribution in [2.75, 3.05) is 26.2 Å². The van der Waals surface area contributed by atoms with Crippen molar-refractivity contribution in [3.8, 4) is 0 Å². The van der Waals surface area contributed by atoms with Gasteiger partial charge in [-0.2, -0.15) is 0 Å². The van der Waals surface area contributed by atoms with Crippen molar-refractivity contribution in [2.45, 2.75) is 46.6 Å². The summed E-state index contributed by atoms with van der Waals surface area (Å²) in [6.45, 7) is 12.4. The normalized spacial score (nSPS) is 11.4. The van der Waals surface area contributed by atoms with E-state index in [1.807, 2.05) is 12.4 Å². The molecule has 0 saturated carbocycles. The molecule has 0 amide bonds. The molecule has 3 nitrogen and oxygen atoms in total. The predicted molar refractivity (Wildman–Crippen MR) is 86.7 cm³/mol. The molecule has 1 aromatic rings. The minimum absolute atomic E-state index is 0.756. The third kappa shape index (κ3) is 8.28. The van der Waals surface area contributed by atoms with Crippen LogP contribution in [0.3, 0.4) is 0 Å². The summed E-state index contributed by atoms with van der Waals surface area (Å²) in [5.74, 6) is 0.756. The largest absolute Gasteiger partial charge is 0.316 e. The molecule has 1 N–H and O–H groups in total. The molecule has 20 heavy (non-hydrogen) atoms. The van der Waals surface area contributed by atoms with Gasteiger partial charge in [-0.3, -0.25) is 9.88 Å². The molecule has 0 spiro atoms. The van der Waals surface area contributed by atoms with E-state index >= 15 is 0 Å². The molecule has 3 heteroatoms. The molecule has 0 aliphatic heterocycles. The highest BCUT2D eigenvalue weighted by atomic mass is 15.1. The topological polar surface area (TPSA) is 28.2 Å². The van der Waals surface area contributed by atoms with E-state index in [4.69, 9.17) is 0 Å². The van der Waals surface area contributed by atoms with Crippen molar-refractivity contribution < 1.29 is 0 Å². The van der Waals surface area contributed by atoms with Crippen LogP contribution in [0.25, 0.3) is 0 Å². The average Bonchev–Trinajstić information content (AvgIpc) is 2.45. The molecule has 1 rings (SSSR count). The number of unbranched alkanes of at least 4 members (excludes halogenated alkanes) is 2. The zero-order valence-electron chi connectivity index (χ0n) is 13.4. The Bertz CT molecular complexity index is 324. The number of rotatable bonds is 11. The Balaban J connectivity index is 2.07. The highest BCUT2D eigenvalue weighted by molar-refractivity contribution is 5.09. The summed E-state index contributed by atoms with van der Waals surface area (Å²) >= 11 is 0. The molecule has 0 radical (unpaired) electrons. The van der Waals surface area contributed by atoms with Crippen LogP contribution in [0.1, 0.15) is 45.6 Å². The SMILES string of the molecule is CCN(CCCCCNCC(C)C)Cc1ccncc1. The second kappa shape index (κ2) is 10.8. The molecule has 1 heterocycles. The van der Waals surface area contributed by atoms with Crippen LogP contribution in [0.5, 0.6) is 0 Å². The molecule has 0 bridgehead atoms. The maximum absolute atomic E-state index is 4.07. The van der Waals surface area contributed by atoms with Crippen molar-refractivity contribution in [1.29, 1.82) is 0 Å². The Morgan fingerprint density at radius 3 is 2.55 bits per heavy atom. The average molecular weight is 277 g/mol. The van der Waals surface area contributed by atoms with Crippen molar-refractivity contribution in [3.05, 3.63) is 30.1 Å². The number of nitrogens with one attached hydrogen (secondary N) is 1. The molecule has 0 atom stereocenters. The summed E-state index contributed by atoms with van der Waals surface area (Å²) in [5, 5.41) is 3.51. The van der Waals surface area contributed by atoms with Crippen LogP contribution in [0, 0.1) is 5.92 Å². The van der Waals surface area contributed by atoms with Gasteiger partial charge in [0.05, 0.1) is 0 Å². The van der Waals surface area contributed by atoms with Crippen LogP contribution in [0.2, 0.25) is 0 Å². The third-order valence-corrected chi connectivity index (χ3v) is 3.48. The van der Waals surface area contributed by atoms with E-state index in [1.54, 1.807) is 0 Å². The molecular formula is C17H31N3. The summed E-state index contributed by atoms with van der Waals surface area (Å²) in [7, 11) is 0. The number of hydrogen-bond acceptors (Lipinski definition) is 3. The standard InChI is InChI=1S/C17H31N3/c1-4-20(15-17-8-11-18-12-9-17)13-7-5-6-10-19-14-16(2)3/h8-9,11-12,16,19H,4-7,10,13-15H2,1-3H3. The van der Waals surface area contributed by atoms with E-state index in [-0.39, 0.29) is 0 Å². The van der Waals surface area contributed by atoms with Crippen LogP contribution >= 0.6 is 0 Å². The van der Waals surface area contributed by atoms with Gasteiger partial charge in [0.25, 0.3) is 0 Å². The van der Waals surface area contributed by atoms with E-state index < -0.39 is 0 Å². The van der Waals surface area contributed by atoms with Gasteiger partial charge in [-0.1, -0.05) is 27.2 Å². The van der Waals surface area contributed by atoms with Crippen LogP contribution in [0.15, 0.2) is 24.5 Å². The molecule has 0 saturated heterocycles. The monoisotopic (exact) mass is 277 g/mol. The van der Waals surface area contributed by atoms with Gasteiger partial charge in [-0.15, -0.1) is 0 Å². The number of hydrogen-bond donors (Lipinski definition) is 1. The maximum Gasteiger partial charge on any atom is 0.0271 e. The molecule has 0 aliphatic carbocycles.